The fourth-order valence-corrected chi connectivity index (χ4v) is 2.82. The van der Waals surface area contributed by atoms with E-state index >= 15 is 0 Å². The Bertz CT molecular complexity index is 570. The zero-order chi connectivity index (χ0) is 11.7. The summed E-state index contributed by atoms with van der Waals surface area (Å²) in [5, 5.41) is 1.35. The molecule has 82 valence electrons. The summed E-state index contributed by atoms with van der Waals surface area (Å²) >= 11 is 8.26. The quantitative estimate of drug-likeness (QED) is 0.475. The molecule has 0 amide bonds. The zero-order valence-electron chi connectivity index (χ0n) is 8.61. The van der Waals surface area contributed by atoms with Crippen molar-refractivity contribution in [2.45, 2.75) is 19.4 Å². The second-order valence-corrected chi connectivity index (χ2v) is 4.86. The highest BCUT2D eigenvalue weighted by Gasteiger charge is 2.15. The topological polar surface area (TPSA) is 30.7 Å². The Morgan fingerprint density at radius 3 is 3.00 bits per heavy atom. The maximum Gasteiger partial charge on any atom is 0.147 e. The Morgan fingerprint density at radius 1 is 1.62 bits per heavy atom. The van der Waals surface area contributed by atoms with Crippen LogP contribution in [-0.4, -0.2) is 14.5 Å². The van der Waals surface area contributed by atoms with E-state index in [1.807, 2.05) is 17.7 Å². The summed E-state index contributed by atoms with van der Waals surface area (Å²) in [6.07, 6.45) is 9.79. The Labute approximate surface area is 112 Å². The van der Waals surface area contributed by atoms with Gasteiger partial charge in [0.05, 0.1) is 11.4 Å². The first-order chi connectivity index (χ1) is 7.69. The third-order valence-corrected chi connectivity index (χ3v) is 3.54. The van der Waals surface area contributed by atoms with Crippen LogP contribution in [-0.2, 0) is 0 Å². The highest BCUT2D eigenvalue weighted by Crippen LogP contribution is 2.29. The minimum absolute atomic E-state index is 0.0111. The molecule has 0 aliphatic heterocycles. The minimum Gasteiger partial charge on any atom is -0.317 e. The first-order valence-corrected chi connectivity index (χ1v) is 6.27. The molecule has 0 aromatic carbocycles. The van der Waals surface area contributed by atoms with Crippen molar-refractivity contribution in [2.75, 3.05) is 0 Å². The van der Waals surface area contributed by atoms with Gasteiger partial charge in [-0.1, -0.05) is 24.4 Å². The normalized spacial score (nSPS) is 12.6. The molecule has 0 spiro atoms. The zero-order valence-corrected chi connectivity index (χ0v) is 11.5. The Kier molecular flexibility index (Phi) is 3.36. The first-order valence-electron chi connectivity index (χ1n) is 4.81. The van der Waals surface area contributed by atoms with Crippen LogP contribution in [0.25, 0.3) is 11.0 Å². The number of halogens is 2. The Balaban J connectivity index is 2.74. The summed E-state index contributed by atoms with van der Waals surface area (Å²) in [5.74, 6) is 2.75. The van der Waals surface area contributed by atoms with E-state index in [0.717, 1.165) is 21.0 Å². The summed E-state index contributed by atoms with van der Waals surface area (Å²) in [6, 6.07) is 0.0111. The van der Waals surface area contributed by atoms with Gasteiger partial charge in [-0.25, -0.2) is 9.97 Å². The largest absolute Gasteiger partial charge is 0.317 e. The van der Waals surface area contributed by atoms with E-state index in [9.17, 15) is 0 Å². The average molecular weight is 346 g/mol. The Hall–Kier alpha value is -0.800. The van der Waals surface area contributed by atoms with E-state index in [1.165, 1.54) is 6.33 Å². The van der Waals surface area contributed by atoms with Crippen molar-refractivity contribution in [3.05, 3.63) is 21.2 Å². The van der Waals surface area contributed by atoms with Gasteiger partial charge in [0.1, 0.15) is 17.1 Å². The van der Waals surface area contributed by atoms with E-state index in [4.69, 9.17) is 18.0 Å². The lowest BCUT2D eigenvalue weighted by Gasteiger charge is -2.10. The van der Waals surface area contributed by atoms with Gasteiger partial charge in [0.2, 0.25) is 0 Å². The lowest BCUT2D eigenvalue weighted by atomic mass is 10.2. The number of terminal acetylenes is 1. The summed E-state index contributed by atoms with van der Waals surface area (Å²) < 4.78 is 3.00. The van der Waals surface area contributed by atoms with Crippen LogP contribution < -0.4 is 0 Å². The number of fused-ring (bicyclic) bond motifs is 1. The van der Waals surface area contributed by atoms with Gasteiger partial charge in [0, 0.05) is 9.77 Å². The molecular formula is C11H9ClIN3. The second kappa shape index (κ2) is 4.60. The van der Waals surface area contributed by atoms with Crippen LogP contribution in [0.1, 0.15) is 19.4 Å². The van der Waals surface area contributed by atoms with Gasteiger partial charge in [-0.3, -0.25) is 0 Å². The van der Waals surface area contributed by atoms with Gasteiger partial charge < -0.3 is 4.57 Å². The molecule has 2 aromatic rings. The van der Waals surface area contributed by atoms with Crippen LogP contribution in [0.2, 0.25) is 5.15 Å². The number of aromatic nitrogens is 3. The second-order valence-electron chi connectivity index (χ2n) is 3.34. The fraction of sp³-hybridized carbons (Fsp3) is 0.273. The maximum atomic E-state index is 6.05. The third-order valence-electron chi connectivity index (χ3n) is 2.43. The van der Waals surface area contributed by atoms with E-state index in [1.54, 1.807) is 0 Å². The van der Waals surface area contributed by atoms with Gasteiger partial charge in [-0.05, 0) is 29.0 Å². The predicted octanol–water partition coefficient (Wildman–Crippen LogP) is 3.27. The summed E-state index contributed by atoms with van der Waals surface area (Å²) in [4.78, 5) is 8.22. The van der Waals surface area contributed by atoms with Crippen LogP contribution >= 0.6 is 34.2 Å². The molecule has 0 bridgehead atoms. The van der Waals surface area contributed by atoms with Gasteiger partial charge >= 0.3 is 0 Å². The molecule has 2 heterocycles. The van der Waals surface area contributed by atoms with E-state index < -0.39 is 0 Å². The highest BCUT2D eigenvalue weighted by molar-refractivity contribution is 14.1. The highest BCUT2D eigenvalue weighted by atomic mass is 127. The average Bonchev–Trinajstić information content (AvgIpc) is 2.60. The summed E-state index contributed by atoms with van der Waals surface area (Å²) in [6.45, 7) is 2.05. The van der Waals surface area contributed by atoms with Crippen molar-refractivity contribution in [2.24, 2.45) is 0 Å². The third kappa shape index (κ3) is 1.78. The SMILES string of the molecule is C#CC(CC)n1cc(I)c2c(Cl)ncnc21. The van der Waals surface area contributed by atoms with Crippen molar-refractivity contribution in [3.8, 4) is 12.3 Å². The van der Waals surface area contributed by atoms with Crippen LogP contribution in [0.5, 0.6) is 0 Å². The van der Waals surface area contributed by atoms with Crippen LogP contribution in [0.4, 0.5) is 0 Å². The number of rotatable bonds is 2. The molecule has 0 saturated heterocycles. The van der Waals surface area contributed by atoms with Gasteiger partial charge in [-0.2, -0.15) is 0 Å². The molecule has 0 aliphatic carbocycles. The number of nitrogens with zero attached hydrogens (tertiary/aromatic N) is 3. The molecule has 0 fully saturated rings. The lowest BCUT2D eigenvalue weighted by Crippen LogP contribution is -2.04. The number of hydrogen-bond acceptors (Lipinski definition) is 2. The fourth-order valence-electron chi connectivity index (χ4n) is 1.64. The molecule has 0 N–H and O–H groups in total. The molecule has 0 aliphatic rings. The minimum atomic E-state index is 0.0111. The molecule has 1 atom stereocenters. The standard InChI is InChI=1S/C11H9ClIN3/c1-3-7(4-2)16-5-8(13)9-10(12)14-6-15-11(9)16/h1,5-7H,4H2,2H3. The van der Waals surface area contributed by atoms with Crippen molar-refractivity contribution >= 4 is 45.2 Å². The van der Waals surface area contributed by atoms with E-state index in [-0.39, 0.29) is 6.04 Å². The van der Waals surface area contributed by atoms with Gasteiger partial charge in [0.15, 0.2) is 0 Å². The first kappa shape index (κ1) is 11.7. The predicted molar refractivity (Wildman–Crippen MR) is 73.4 cm³/mol. The lowest BCUT2D eigenvalue weighted by molar-refractivity contribution is 0.619. The molecule has 2 aromatic heterocycles. The molecule has 0 radical (unpaired) electrons. The molecule has 2 rings (SSSR count). The maximum absolute atomic E-state index is 6.05. The monoisotopic (exact) mass is 345 g/mol. The Morgan fingerprint density at radius 2 is 2.38 bits per heavy atom. The molecular weight excluding hydrogens is 336 g/mol. The summed E-state index contributed by atoms with van der Waals surface area (Å²) in [7, 11) is 0. The van der Waals surface area contributed by atoms with Gasteiger partial charge in [0.25, 0.3) is 0 Å². The van der Waals surface area contributed by atoms with Crippen molar-refractivity contribution in [3.63, 3.8) is 0 Å². The van der Waals surface area contributed by atoms with E-state index in [0.29, 0.717) is 5.15 Å². The number of hydrogen-bond donors (Lipinski definition) is 0. The molecule has 0 saturated carbocycles. The van der Waals surface area contributed by atoms with Gasteiger partial charge in [-0.15, -0.1) is 6.42 Å². The molecule has 16 heavy (non-hydrogen) atoms. The van der Waals surface area contributed by atoms with E-state index in [2.05, 4.69) is 38.5 Å². The van der Waals surface area contributed by atoms with Crippen molar-refractivity contribution < 1.29 is 0 Å². The smallest absolute Gasteiger partial charge is 0.147 e. The molecule has 5 heteroatoms. The van der Waals surface area contributed by atoms with Crippen molar-refractivity contribution in [1.82, 2.24) is 14.5 Å². The molecule has 1 unspecified atom stereocenters. The van der Waals surface area contributed by atoms with Crippen LogP contribution in [0, 0.1) is 15.9 Å². The van der Waals surface area contributed by atoms with Crippen molar-refractivity contribution in [1.29, 1.82) is 0 Å². The van der Waals surface area contributed by atoms with Crippen LogP contribution in [0.15, 0.2) is 12.5 Å². The molecule has 3 nitrogen and oxygen atoms in total. The summed E-state index contributed by atoms with van der Waals surface area (Å²) in [5.41, 5.74) is 0.800. The van der Waals surface area contributed by atoms with Crippen LogP contribution in [0.3, 0.4) is 0 Å².